The van der Waals surface area contributed by atoms with E-state index in [1.165, 1.54) is 12.5 Å². The highest BCUT2D eigenvalue weighted by atomic mass is 32.1. The van der Waals surface area contributed by atoms with Crippen molar-refractivity contribution >= 4 is 28.8 Å². The van der Waals surface area contributed by atoms with Crippen molar-refractivity contribution in [1.82, 2.24) is 19.3 Å². The first-order valence-electron chi connectivity index (χ1n) is 11.3. The van der Waals surface area contributed by atoms with Gasteiger partial charge < -0.3 is 9.73 Å². The largest absolute Gasteiger partial charge is 0.412 e. The monoisotopic (exact) mass is 459 g/mol. The van der Waals surface area contributed by atoms with E-state index in [0.717, 1.165) is 55.9 Å². The van der Waals surface area contributed by atoms with Gasteiger partial charge in [-0.25, -0.2) is 14.3 Å². The summed E-state index contributed by atoms with van der Waals surface area (Å²) >= 11 is 4.89. The third-order valence-electron chi connectivity index (χ3n) is 6.69. The van der Waals surface area contributed by atoms with E-state index in [4.69, 9.17) is 16.6 Å². The lowest BCUT2D eigenvalue weighted by molar-refractivity contribution is 0.439. The fourth-order valence-electron chi connectivity index (χ4n) is 5.09. The van der Waals surface area contributed by atoms with Crippen molar-refractivity contribution in [2.75, 3.05) is 5.32 Å². The third kappa shape index (κ3) is 3.92. The number of aromatic amines is 1. The maximum atomic E-state index is 15.1. The fourth-order valence-corrected chi connectivity index (χ4v) is 5.24. The predicted octanol–water partition coefficient (Wildman–Crippen LogP) is 4.26. The van der Waals surface area contributed by atoms with E-state index in [1.54, 1.807) is 10.6 Å². The molecule has 0 saturated heterocycles. The van der Waals surface area contributed by atoms with Crippen LogP contribution in [0.4, 0.5) is 10.1 Å². The van der Waals surface area contributed by atoms with Crippen molar-refractivity contribution in [2.24, 2.45) is 0 Å². The molecule has 2 aliphatic carbocycles. The van der Waals surface area contributed by atoms with E-state index < -0.39 is 17.1 Å². The van der Waals surface area contributed by atoms with Crippen LogP contribution in [0.3, 0.4) is 0 Å². The van der Waals surface area contributed by atoms with Gasteiger partial charge in [-0.1, -0.05) is 32.1 Å². The zero-order chi connectivity index (χ0) is 22.2. The van der Waals surface area contributed by atoms with E-state index in [1.807, 2.05) is 0 Å². The summed E-state index contributed by atoms with van der Waals surface area (Å²) in [5.41, 5.74) is -0.170. The van der Waals surface area contributed by atoms with Gasteiger partial charge in [0.05, 0.1) is 16.6 Å². The van der Waals surface area contributed by atoms with Gasteiger partial charge >= 0.3 is 5.69 Å². The zero-order valence-corrected chi connectivity index (χ0v) is 18.5. The van der Waals surface area contributed by atoms with Crippen LogP contribution in [0.2, 0.25) is 0 Å². The molecule has 0 unspecified atom stereocenters. The highest BCUT2D eigenvalue weighted by molar-refractivity contribution is 7.71. The van der Waals surface area contributed by atoms with Gasteiger partial charge in [0.1, 0.15) is 12.4 Å². The molecule has 10 heteroatoms. The second-order valence-electron chi connectivity index (χ2n) is 8.82. The topological polar surface area (TPSA) is 97.9 Å². The summed E-state index contributed by atoms with van der Waals surface area (Å²) in [6, 6.07) is 3.07. The molecule has 0 atom stereocenters. The average molecular weight is 460 g/mol. The van der Waals surface area contributed by atoms with Crippen LogP contribution >= 0.6 is 12.2 Å². The number of hydrogen-bond donors (Lipinski definition) is 2. The molecule has 1 aromatic carbocycles. The number of fused-ring (bicyclic) bond motifs is 1. The van der Waals surface area contributed by atoms with Gasteiger partial charge in [-0.2, -0.15) is 0 Å². The molecular formula is C22H26FN5O3S. The molecule has 0 bridgehead atoms. The first kappa shape index (κ1) is 21.1. The molecule has 8 nitrogen and oxygen atoms in total. The SMILES string of the molecule is O=c1c2cc(F)c(NC3CCCCC3)cc2n(C2CCCC2)c(=O)n1Cc1n[nH]c(=S)o1. The number of nitrogens with one attached hydrogen (secondary N) is 2. The summed E-state index contributed by atoms with van der Waals surface area (Å²) in [6.07, 6.45) is 9.15. The highest BCUT2D eigenvalue weighted by Gasteiger charge is 2.25. The third-order valence-corrected chi connectivity index (χ3v) is 6.86. The standard InChI is InChI=1S/C22H26FN5O3S/c23-16-10-15-18(11-17(16)24-13-6-2-1-3-7-13)28(14-8-4-5-9-14)22(30)27(20(15)29)12-19-25-26-21(32)31-19/h10-11,13-14,24H,1-9,12H2,(H,26,32). The summed E-state index contributed by atoms with van der Waals surface area (Å²) in [5, 5.41) is 9.90. The Morgan fingerprint density at radius 1 is 1.12 bits per heavy atom. The lowest BCUT2D eigenvalue weighted by atomic mass is 9.95. The number of rotatable bonds is 5. The molecule has 0 aliphatic heterocycles. The number of H-pyrrole nitrogens is 1. The van der Waals surface area contributed by atoms with Crippen LogP contribution in [0.15, 0.2) is 26.1 Å². The molecule has 0 radical (unpaired) electrons. The summed E-state index contributed by atoms with van der Waals surface area (Å²) in [7, 11) is 0. The molecular weight excluding hydrogens is 433 g/mol. The maximum Gasteiger partial charge on any atom is 0.332 e. The Morgan fingerprint density at radius 3 is 2.53 bits per heavy atom. The van der Waals surface area contributed by atoms with E-state index in [-0.39, 0.29) is 34.7 Å². The Morgan fingerprint density at radius 2 is 1.84 bits per heavy atom. The van der Waals surface area contributed by atoms with E-state index in [0.29, 0.717) is 11.2 Å². The molecule has 0 amide bonds. The number of aromatic nitrogens is 4. The minimum absolute atomic E-state index is 0.0320. The van der Waals surface area contributed by atoms with Crippen molar-refractivity contribution in [2.45, 2.75) is 76.4 Å². The lowest BCUT2D eigenvalue weighted by Gasteiger charge is -2.25. The first-order valence-corrected chi connectivity index (χ1v) is 11.7. The molecule has 2 fully saturated rings. The number of hydrogen-bond acceptors (Lipinski definition) is 6. The quantitative estimate of drug-likeness (QED) is 0.554. The van der Waals surface area contributed by atoms with Crippen LogP contribution in [0.1, 0.15) is 69.7 Å². The van der Waals surface area contributed by atoms with Gasteiger partial charge in [-0.05, 0) is 50.0 Å². The van der Waals surface area contributed by atoms with Gasteiger partial charge in [0.25, 0.3) is 10.4 Å². The van der Waals surface area contributed by atoms with E-state index in [9.17, 15) is 9.59 Å². The molecule has 2 N–H and O–H groups in total. The van der Waals surface area contributed by atoms with Crippen molar-refractivity contribution in [3.8, 4) is 0 Å². The lowest BCUT2D eigenvalue weighted by Crippen LogP contribution is -2.41. The number of halogens is 1. The predicted molar refractivity (Wildman–Crippen MR) is 121 cm³/mol. The molecule has 2 aromatic heterocycles. The summed E-state index contributed by atoms with van der Waals surface area (Å²) in [5.74, 6) is -0.358. The number of benzene rings is 1. The van der Waals surface area contributed by atoms with Crippen LogP contribution in [0.5, 0.6) is 0 Å². The minimum atomic E-state index is -0.563. The summed E-state index contributed by atoms with van der Waals surface area (Å²) in [4.78, 5) is 26.8. The maximum absolute atomic E-state index is 15.1. The molecule has 2 heterocycles. The molecule has 3 aromatic rings. The second-order valence-corrected chi connectivity index (χ2v) is 9.19. The average Bonchev–Trinajstić information content (AvgIpc) is 3.45. The summed E-state index contributed by atoms with van der Waals surface area (Å²) in [6.45, 7) is -0.169. The Bertz CT molecular complexity index is 1310. The molecule has 170 valence electrons. The van der Waals surface area contributed by atoms with Gasteiger partial charge in [-0.15, -0.1) is 5.10 Å². The Balaban J connectivity index is 1.66. The molecule has 2 aliphatic rings. The van der Waals surface area contributed by atoms with E-state index >= 15 is 4.39 Å². The molecule has 0 spiro atoms. The van der Waals surface area contributed by atoms with Crippen molar-refractivity contribution in [3.63, 3.8) is 0 Å². The van der Waals surface area contributed by atoms with Gasteiger partial charge in [0.15, 0.2) is 0 Å². The molecule has 2 saturated carbocycles. The van der Waals surface area contributed by atoms with Crippen LogP contribution in [-0.4, -0.2) is 25.4 Å². The highest BCUT2D eigenvalue weighted by Crippen LogP contribution is 2.32. The Hall–Kier alpha value is -2.75. The van der Waals surface area contributed by atoms with Crippen LogP contribution in [-0.2, 0) is 6.54 Å². The Kier molecular flexibility index (Phi) is 5.71. The van der Waals surface area contributed by atoms with Crippen molar-refractivity contribution in [3.05, 3.63) is 49.5 Å². The number of anilines is 1. The van der Waals surface area contributed by atoms with Crippen LogP contribution in [0.25, 0.3) is 10.9 Å². The van der Waals surface area contributed by atoms with Gasteiger partial charge in [0.2, 0.25) is 5.89 Å². The van der Waals surface area contributed by atoms with Gasteiger partial charge in [0, 0.05) is 12.1 Å². The normalized spacial score (nSPS) is 17.9. The van der Waals surface area contributed by atoms with Crippen molar-refractivity contribution in [1.29, 1.82) is 0 Å². The van der Waals surface area contributed by atoms with E-state index in [2.05, 4.69) is 15.5 Å². The minimum Gasteiger partial charge on any atom is -0.412 e. The molecule has 32 heavy (non-hydrogen) atoms. The number of nitrogens with zero attached hydrogens (tertiary/aromatic N) is 3. The molecule has 5 rings (SSSR count). The second kappa shape index (κ2) is 8.65. The Labute approximate surface area is 188 Å². The smallest absolute Gasteiger partial charge is 0.332 e. The fraction of sp³-hybridized carbons (Fsp3) is 0.545. The van der Waals surface area contributed by atoms with Crippen molar-refractivity contribution < 1.29 is 8.81 Å². The summed E-state index contributed by atoms with van der Waals surface area (Å²) < 4.78 is 23.1. The van der Waals surface area contributed by atoms with Gasteiger partial charge in [-0.3, -0.25) is 13.9 Å². The zero-order valence-electron chi connectivity index (χ0n) is 17.7. The first-order chi connectivity index (χ1) is 15.5. The van der Waals surface area contributed by atoms with Crippen LogP contribution < -0.4 is 16.6 Å². The van der Waals surface area contributed by atoms with Crippen LogP contribution in [0, 0.1) is 10.7 Å².